The van der Waals surface area contributed by atoms with Crippen LogP contribution in [0.1, 0.15) is 26.6 Å². The number of aryl methyl sites for hydroxylation is 1. The number of aromatic nitrogens is 3. The Labute approximate surface area is 109 Å². The molecule has 7 nitrogen and oxygen atoms in total. The SMILES string of the molecule is CCc1nnc(SCC(=O)O)n1C(C)(C)C(N)=O. The fourth-order valence-corrected chi connectivity index (χ4v) is 2.23. The molecule has 3 N–H and O–H groups in total. The first-order chi connectivity index (χ1) is 8.30. The topological polar surface area (TPSA) is 111 Å². The Morgan fingerprint density at radius 1 is 1.44 bits per heavy atom. The van der Waals surface area contributed by atoms with Crippen LogP contribution in [0.15, 0.2) is 5.16 Å². The summed E-state index contributed by atoms with van der Waals surface area (Å²) in [5.74, 6) is -1.01. The van der Waals surface area contributed by atoms with Crippen LogP contribution in [0.25, 0.3) is 0 Å². The molecule has 0 saturated carbocycles. The second-order valence-corrected chi connectivity index (χ2v) is 5.14. The number of nitrogens with zero attached hydrogens (tertiary/aromatic N) is 3. The number of nitrogens with two attached hydrogens (primary N) is 1. The third kappa shape index (κ3) is 2.81. The lowest BCUT2D eigenvalue weighted by molar-refractivity contribution is -0.133. The molecule has 0 aliphatic rings. The largest absolute Gasteiger partial charge is 0.481 e. The number of amides is 1. The van der Waals surface area contributed by atoms with Crippen LogP contribution >= 0.6 is 11.8 Å². The fraction of sp³-hybridized carbons (Fsp3) is 0.600. The van der Waals surface area contributed by atoms with Crippen molar-refractivity contribution < 1.29 is 14.7 Å². The molecule has 0 bridgehead atoms. The average Bonchev–Trinajstić information content (AvgIpc) is 2.69. The Morgan fingerprint density at radius 3 is 2.50 bits per heavy atom. The predicted molar refractivity (Wildman–Crippen MR) is 66.3 cm³/mol. The molecule has 0 aliphatic carbocycles. The van der Waals surface area contributed by atoms with Crippen molar-refractivity contribution in [3.63, 3.8) is 0 Å². The fourth-order valence-electron chi connectivity index (χ4n) is 1.42. The molecule has 1 heterocycles. The second kappa shape index (κ2) is 5.38. The average molecular weight is 272 g/mol. The highest BCUT2D eigenvalue weighted by Crippen LogP contribution is 2.25. The van der Waals surface area contributed by atoms with Gasteiger partial charge < -0.3 is 10.8 Å². The first-order valence-corrected chi connectivity index (χ1v) is 6.38. The zero-order chi connectivity index (χ0) is 13.9. The number of hydrogen-bond acceptors (Lipinski definition) is 5. The van der Waals surface area contributed by atoms with Crippen LogP contribution in [0.3, 0.4) is 0 Å². The van der Waals surface area contributed by atoms with Crippen molar-refractivity contribution in [3.8, 4) is 0 Å². The van der Waals surface area contributed by atoms with Crippen LogP contribution in [0.2, 0.25) is 0 Å². The van der Waals surface area contributed by atoms with Crippen molar-refractivity contribution >= 4 is 23.6 Å². The molecule has 8 heteroatoms. The van der Waals surface area contributed by atoms with Crippen LogP contribution in [0, 0.1) is 0 Å². The van der Waals surface area contributed by atoms with Crippen molar-refractivity contribution in [2.45, 2.75) is 37.9 Å². The van der Waals surface area contributed by atoms with Crippen molar-refractivity contribution in [2.75, 3.05) is 5.75 Å². The summed E-state index contributed by atoms with van der Waals surface area (Å²) in [7, 11) is 0. The lowest BCUT2D eigenvalue weighted by Crippen LogP contribution is -2.42. The van der Waals surface area contributed by atoms with Crippen LogP contribution in [-0.2, 0) is 21.5 Å². The monoisotopic (exact) mass is 272 g/mol. The van der Waals surface area contributed by atoms with Crippen molar-refractivity contribution in [3.05, 3.63) is 5.82 Å². The summed E-state index contributed by atoms with van der Waals surface area (Å²) >= 11 is 1.02. The van der Waals surface area contributed by atoms with Gasteiger partial charge in [-0.15, -0.1) is 10.2 Å². The first-order valence-electron chi connectivity index (χ1n) is 5.40. The quantitative estimate of drug-likeness (QED) is 0.717. The number of aliphatic carboxylic acids is 1. The maximum absolute atomic E-state index is 11.5. The van der Waals surface area contributed by atoms with Crippen LogP contribution in [-0.4, -0.2) is 37.5 Å². The molecule has 0 aromatic carbocycles. The Bertz CT molecular complexity index is 470. The summed E-state index contributed by atoms with van der Waals surface area (Å²) < 4.78 is 1.60. The predicted octanol–water partition coefficient (Wildman–Crippen LogP) is 0.238. The molecular formula is C10H16N4O3S. The van der Waals surface area contributed by atoms with Crippen LogP contribution in [0.4, 0.5) is 0 Å². The van der Waals surface area contributed by atoms with E-state index in [2.05, 4.69) is 10.2 Å². The highest BCUT2D eigenvalue weighted by molar-refractivity contribution is 7.99. The van der Waals surface area contributed by atoms with Gasteiger partial charge >= 0.3 is 5.97 Å². The van der Waals surface area contributed by atoms with E-state index >= 15 is 0 Å². The van der Waals surface area contributed by atoms with E-state index in [1.54, 1.807) is 18.4 Å². The van der Waals surface area contributed by atoms with E-state index in [0.29, 0.717) is 17.4 Å². The first kappa shape index (κ1) is 14.5. The minimum atomic E-state index is -0.990. The molecule has 0 saturated heterocycles. The zero-order valence-corrected chi connectivity index (χ0v) is 11.3. The van der Waals surface area contributed by atoms with Gasteiger partial charge in [-0.2, -0.15) is 0 Å². The number of carbonyl (C=O) groups is 2. The molecule has 1 amide bonds. The minimum absolute atomic E-state index is 0.142. The Balaban J connectivity index is 3.17. The molecule has 0 spiro atoms. The number of thioether (sulfide) groups is 1. The van der Waals surface area contributed by atoms with E-state index in [4.69, 9.17) is 10.8 Å². The standard InChI is InChI=1S/C10H16N4O3S/c1-4-6-12-13-9(18-5-7(15)16)14(6)10(2,3)8(11)17/h4-5H2,1-3H3,(H2,11,17)(H,15,16). The summed E-state index contributed by atoms with van der Waals surface area (Å²) in [5, 5.41) is 16.9. The minimum Gasteiger partial charge on any atom is -0.481 e. The third-order valence-electron chi connectivity index (χ3n) is 2.50. The summed E-state index contributed by atoms with van der Waals surface area (Å²) in [6.07, 6.45) is 0.581. The van der Waals surface area contributed by atoms with E-state index in [-0.39, 0.29) is 5.75 Å². The van der Waals surface area contributed by atoms with E-state index in [9.17, 15) is 9.59 Å². The van der Waals surface area contributed by atoms with E-state index in [1.165, 1.54) is 0 Å². The van der Waals surface area contributed by atoms with Gasteiger partial charge in [0.25, 0.3) is 0 Å². The molecule has 0 radical (unpaired) electrons. The van der Waals surface area contributed by atoms with Gasteiger partial charge in [-0.25, -0.2) is 0 Å². The Morgan fingerprint density at radius 2 is 2.06 bits per heavy atom. The summed E-state index contributed by atoms with van der Waals surface area (Å²) in [6, 6.07) is 0. The molecule has 0 atom stereocenters. The molecule has 0 fully saturated rings. The molecule has 0 unspecified atom stereocenters. The van der Waals surface area contributed by atoms with Crippen molar-refractivity contribution in [2.24, 2.45) is 5.73 Å². The molecule has 100 valence electrons. The van der Waals surface area contributed by atoms with Gasteiger partial charge in [-0.3, -0.25) is 14.2 Å². The number of carbonyl (C=O) groups excluding carboxylic acids is 1. The lowest BCUT2D eigenvalue weighted by atomic mass is 10.0. The number of carboxylic acids is 1. The lowest BCUT2D eigenvalue weighted by Gasteiger charge is -2.25. The van der Waals surface area contributed by atoms with Crippen molar-refractivity contribution in [1.82, 2.24) is 14.8 Å². The molecule has 18 heavy (non-hydrogen) atoms. The van der Waals surface area contributed by atoms with E-state index in [1.807, 2.05) is 6.92 Å². The van der Waals surface area contributed by atoms with E-state index in [0.717, 1.165) is 11.8 Å². The van der Waals surface area contributed by atoms with Gasteiger partial charge in [0.2, 0.25) is 5.91 Å². The Kier molecular flexibility index (Phi) is 4.33. The number of primary amides is 1. The summed E-state index contributed by atoms with van der Waals surface area (Å²) in [5.41, 5.74) is 4.38. The maximum atomic E-state index is 11.5. The third-order valence-corrected chi connectivity index (χ3v) is 3.42. The molecule has 0 aliphatic heterocycles. The van der Waals surface area contributed by atoms with Gasteiger partial charge in [-0.1, -0.05) is 18.7 Å². The van der Waals surface area contributed by atoms with Gasteiger partial charge in [0.05, 0.1) is 5.75 Å². The maximum Gasteiger partial charge on any atom is 0.313 e. The van der Waals surface area contributed by atoms with Gasteiger partial charge in [0.15, 0.2) is 5.16 Å². The zero-order valence-electron chi connectivity index (χ0n) is 10.5. The molecule has 1 rings (SSSR count). The number of carboxylic acid groups (broad SMARTS) is 1. The Hall–Kier alpha value is -1.57. The molecule has 1 aromatic rings. The molecular weight excluding hydrogens is 256 g/mol. The highest BCUT2D eigenvalue weighted by atomic mass is 32.2. The number of hydrogen-bond donors (Lipinski definition) is 2. The van der Waals surface area contributed by atoms with Crippen LogP contribution in [0.5, 0.6) is 0 Å². The summed E-state index contributed by atoms with van der Waals surface area (Å²) in [6.45, 7) is 5.19. The van der Waals surface area contributed by atoms with Crippen LogP contribution < -0.4 is 5.73 Å². The van der Waals surface area contributed by atoms with Gasteiger partial charge in [0, 0.05) is 6.42 Å². The van der Waals surface area contributed by atoms with Gasteiger partial charge in [0.1, 0.15) is 11.4 Å². The normalized spacial score (nSPS) is 11.5. The highest BCUT2D eigenvalue weighted by Gasteiger charge is 2.32. The van der Waals surface area contributed by atoms with Gasteiger partial charge in [-0.05, 0) is 13.8 Å². The van der Waals surface area contributed by atoms with Crippen molar-refractivity contribution in [1.29, 1.82) is 0 Å². The smallest absolute Gasteiger partial charge is 0.313 e. The molecule has 1 aromatic heterocycles. The second-order valence-electron chi connectivity index (χ2n) is 4.19. The summed E-state index contributed by atoms with van der Waals surface area (Å²) in [4.78, 5) is 22.1. The number of rotatable bonds is 6. The van der Waals surface area contributed by atoms with E-state index < -0.39 is 17.4 Å².